The van der Waals surface area contributed by atoms with Crippen molar-refractivity contribution in [3.8, 4) is 0 Å². The van der Waals surface area contributed by atoms with Crippen LogP contribution in [0.2, 0.25) is 0 Å². The molecule has 0 radical (unpaired) electrons. The largest absolute Gasteiger partial charge is 0.335 e. The highest BCUT2D eigenvalue weighted by Crippen LogP contribution is 2.05. The fourth-order valence-corrected chi connectivity index (χ4v) is 1.65. The van der Waals surface area contributed by atoms with Crippen LogP contribution in [0, 0.1) is 0 Å². The van der Waals surface area contributed by atoms with Crippen LogP contribution < -0.4 is 0 Å². The third-order valence-corrected chi connectivity index (χ3v) is 2.41. The molecule has 1 amide bonds. The fourth-order valence-electron chi connectivity index (χ4n) is 0.879. The number of carbonyl (C=O) groups is 2. The van der Waals surface area contributed by atoms with Gasteiger partial charge in [0.1, 0.15) is 0 Å². The first-order valence-corrected chi connectivity index (χ1v) is 5.12. The van der Waals surface area contributed by atoms with Crippen molar-refractivity contribution in [2.75, 3.05) is 19.1 Å². The van der Waals surface area contributed by atoms with Crippen molar-refractivity contribution in [2.45, 2.75) is 19.9 Å². The molecule has 0 heterocycles. The highest BCUT2D eigenvalue weighted by Gasteiger charge is 2.20. The predicted octanol–water partition coefficient (Wildman–Crippen LogP) is 0.785. The van der Waals surface area contributed by atoms with E-state index in [2.05, 4.69) is 0 Å². The van der Waals surface area contributed by atoms with Gasteiger partial charge < -0.3 is 4.90 Å². The Labute approximate surface area is 77.5 Å². The molecule has 0 bridgehead atoms. The Kier molecular flexibility index (Phi) is 4.97. The Bertz CT molecular complexity index is 182. The van der Waals surface area contributed by atoms with E-state index in [0.717, 1.165) is 0 Å². The van der Waals surface area contributed by atoms with Crippen molar-refractivity contribution >= 4 is 23.5 Å². The highest BCUT2D eigenvalue weighted by molar-refractivity contribution is 7.98. The SMILES string of the molecule is CSCC(C(C)=O)N(C)C(C)=O. The molecule has 0 saturated carbocycles. The summed E-state index contributed by atoms with van der Waals surface area (Å²) in [7, 11) is 1.66. The highest BCUT2D eigenvalue weighted by atomic mass is 32.2. The lowest BCUT2D eigenvalue weighted by Gasteiger charge is -2.23. The molecular weight excluding hydrogens is 174 g/mol. The summed E-state index contributed by atoms with van der Waals surface area (Å²) in [6.07, 6.45) is 1.92. The molecule has 0 saturated heterocycles. The number of thioether (sulfide) groups is 1. The summed E-state index contributed by atoms with van der Waals surface area (Å²) in [6.45, 7) is 2.98. The van der Waals surface area contributed by atoms with Crippen LogP contribution >= 0.6 is 11.8 Å². The topological polar surface area (TPSA) is 37.4 Å². The van der Waals surface area contributed by atoms with Gasteiger partial charge in [0.05, 0.1) is 6.04 Å². The summed E-state index contributed by atoms with van der Waals surface area (Å²) in [5.74, 6) is 0.650. The van der Waals surface area contributed by atoms with Crippen molar-refractivity contribution in [1.29, 1.82) is 0 Å². The second-order valence-electron chi connectivity index (χ2n) is 2.71. The molecule has 0 aliphatic rings. The Morgan fingerprint density at radius 3 is 2.17 bits per heavy atom. The normalized spacial score (nSPS) is 12.3. The van der Waals surface area contributed by atoms with Crippen molar-refractivity contribution in [2.24, 2.45) is 0 Å². The van der Waals surface area contributed by atoms with Crippen LogP contribution in [0.15, 0.2) is 0 Å². The van der Waals surface area contributed by atoms with Crippen LogP contribution in [0.1, 0.15) is 13.8 Å². The first-order valence-electron chi connectivity index (χ1n) is 3.73. The third kappa shape index (κ3) is 3.26. The molecule has 1 atom stereocenters. The number of carbonyl (C=O) groups excluding carboxylic acids is 2. The zero-order chi connectivity index (χ0) is 9.72. The van der Waals surface area contributed by atoms with Gasteiger partial charge in [0, 0.05) is 19.7 Å². The summed E-state index contributed by atoms with van der Waals surface area (Å²) in [5, 5.41) is 0. The molecular formula is C8H15NO2S. The van der Waals surface area contributed by atoms with E-state index in [1.807, 2.05) is 6.26 Å². The fraction of sp³-hybridized carbons (Fsp3) is 0.750. The van der Waals surface area contributed by atoms with E-state index in [1.54, 1.807) is 18.8 Å². The lowest BCUT2D eigenvalue weighted by molar-refractivity contribution is -0.134. The summed E-state index contributed by atoms with van der Waals surface area (Å²) in [5.41, 5.74) is 0. The van der Waals surface area contributed by atoms with Crippen molar-refractivity contribution in [1.82, 2.24) is 4.90 Å². The zero-order valence-corrected chi connectivity index (χ0v) is 8.77. The van der Waals surface area contributed by atoms with Gasteiger partial charge in [-0.25, -0.2) is 0 Å². The third-order valence-electron chi connectivity index (χ3n) is 1.76. The Morgan fingerprint density at radius 2 is 1.92 bits per heavy atom. The smallest absolute Gasteiger partial charge is 0.219 e. The molecule has 0 aliphatic heterocycles. The van der Waals surface area contributed by atoms with Gasteiger partial charge in [0.2, 0.25) is 5.91 Å². The number of amides is 1. The van der Waals surface area contributed by atoms with Crippen LogP contribution in [0.3, 0.4) is 0 Å². The number of hydrogen-bond acceptors (Lipinski definition) is 3. The Balaban J connectivity index is 4.28. The molecule has 0 spiro atoms. The quantitative estimate of drug-likeness (QED) is 0.656. The molecule has 0 aliphatic carbocycles. The van der Waals surface area contributed by atoms with Gasteiger partial charge in [0.15, 0.2) is 5.78 Å². The van der Waals surface area contributed by atoms with Crippen LogP contribution in [-0.4, -0.2) is 41.7 Å². The van der Waals surface area contributed by atoms with Crippen molar-refractivity contribution in [3.05, 3.63) is 0 Å². The molecule has 4 heteroatoms. The standard InChI is InChI=1S/C8H15NO2S/c1-6(10)8(5-12-4)9(3)7(2)11/h8H,5H2,1-4H3. The van der Waals surface area contributed by atoms with Gasteiger partial charge in [-0.2, -0.15) is 11.8 Å². The van der Waals surface area contributed by atoms with Crippen molar-refractivity contribution in [3.63, 3.8) is 0 Å². The van der Waals surface area contributed by atoms with E-state index < -0.39 is 0 Å². The lowest BCUT2D eigenvalue weighted by Crippen LogP contribution is -2.42. The van der Waals surface area contributed by atoms with Gasteiger partial charge >= 0.3 is 0 Å². The minimum absolute atomic E-state index is 0.0436. The van der Waals surface area contributed by atoms with Gasteiger partial charge in [-0.05, 0) is 13.2 Å². The average molecular weight is 189 g/mol. The lowest BCUT2D eigenvalue weighted by atomic mass is 10.2. The van der Waals surface area contributed by atoms with E-state index >= 15 is 0 Å². The molecule has 0 aromatic rings. The van der Waals surface area contributed by atoms with Gasteiger partial charge in [-0.15, -0.1) is 0 Å². The van der Waals surface area contributed by atoms with Crippen LogP contribution in [-0.2, 0) is 9.59 Å². The van der Waals surface area contributed by atoms with Crippen LogP contribution in [0.4, 0.5) is 0 Å². The first kappa shape index (κ1) is 11.5. The Morgan fingerprint density at radius 1 is 1.42 bits per heavy atom. The maximum atomic E-state index is 11.1. The van der Waals surface area contributed by atoms with Gasteiger partial charge in [-0.3, -0.25) is 9.59 Å². The number of Topliss-reactive ketones (excluding diaryl/α,β-unsaturated/α-hetero) is 1. The van der Waals surface area contributed by atoms with E-state index in [-0.39, 0.29) is 17.7 Å². The number of hydrogen-bond donors (Lipinski definition) is 0. The van der Waals surface area contributed by atoms with E-state index in [1.165, 1.54) is 18.7 Å². The minimum atomic E-state index is -0.266. The molecule has 12 heavy (non-hydrogen) atoms. The van der Waals surface area contributed by atoms with Crippen molar-refractivity contribution < 1.29 is 9.59 Å². The average Bonchev–Trinajstić information content (AvgIpc) is 1.98. The minimum Gasteiger partial charge on any atom is -0.335 e. The van der Waals surface area contributed by atoms with E-state index in [0.29, 0.717) is 5.75 Å². The maximum absolute atomic E-state index is 11.1. The second kappa shape index (κ2) is 5.19. The molecule has 0 fully saturated rings. The number of likely N-dealkylation sites (N-methyl/N-ethyl adjacent to an activating group) is 1. The van der Waals surface area contributed by atoms with Gasteiger partial charge in [-0.1, -0.05) is 0 Å². The predicted molar refractivity (Wildman–Crippen MR) is 51.3 cm³/mol. The number of ketones is 1. The molecule has 0 aromatic heterocycles. The number of nitrogens with zero attached hydrogens (tertiary/aromatic N) is 1. The molecule has 0 rings (SSSR count). The Hall–Kier alpha value is -0.510. The summed E-state index contributed by atoms with van der Waals surface area (Å²) < 4.78 is 0. The van der Waals surface area contributed by atoms with Crippen LogP contribution in [0.5, 0.6) is 0 Å². The molecule has 3 nitrogen and oxygen atoms in total. The monoisotopic (exact) mass is 189 g/mol. The zero-order valence-electron chi connectivity index (χ0n) is 7.96. The molecule has 1 unspecified atom stereocenters. The maximum Gasteiger partial charge on any atom is 0.219 e. The summed E-state index contributed by atoms with van der Waals surface area (Å²) >= 11 is 1.57. The molecule has 0 N–H and O–H groups in total. The summed E-state index contributed by atoms with van der Waals surface area (Å²) in [4.78, 5) is 23.5. The number of rotatable bonds is 4. The van der Waals surface area contributed by atoms with E-state index in [9.17, 15) is 9.59 Å². The second-order valence-corrected chi connectivity index (χ2v) is 3.62. The van der Waals surface area contributed by atoms with E-state index in [4.69, 9.17) is 0 Å². The first-order chi connectivity index (χ1) is 5.50. The van der Waals surface area contributed by atoms with Gasteiger partial charge in [0.25, 0.3) is 0 Å². The molecule has 0 aromatic carbocycles. The van der Waals surface area contributed by atoms with Crippen LogP contribution in [0.25, 0.3) is 0 Å². The summed E-state index contributed by atoms with van der Waals surface area (Å²) in [6, 6.07) is -0.266. The molecule has 70 valence electrons.